The Balaban J connectivity index is 1.44. The molecule has 4 nitrogen and oxygen atoms in total. The number of rotatable bonds is 7. The predicted octanol–water partition coefficient (Wildman–Crippen LogP) is 5.54. The van der Waals surface area contributed by atoms with Crippen molar-refractivity contribution in [2.45, 2.75) is 38.3 Å². The van der Waals surface area contributed by atoms with Crippen LogP contribution in [0.4, 0.5) is 13.2 Å². The number of amides is 1. The van der Waals surface area contributed by atoms with Gasteiger partial charge in [-0.05, 0) is 37.1 Å². The summed E-state index contributed by atoms with van der Waals surface area (Å²) in [4.78, 5) is 18.4. The molecule has 4 rings (SSSR count). The van der Waals surface area contributed by atoms with Gasteiger partial charge in [0.05, 0.1) is 18.3 Å². The van der Waals surface area contributed by atoms with Crippen LogP contribution in [-0.2, 0) is 17.8 Å². The average Bonchev–Trinajstić information content (AvgIpc) is 3.44. The lowest BCUT2D eigenvalue weighted by molar-refractivity contribution is -0.132. The molecule has 0 bridgehead atoms. The third-order valence-electron chi connectivity index (χ3n) is 5.01. The van der Waals surface area contributed by atoms with Gasteiger partial charge in [-0.2, -0.15) is 0 Å². The molecular weight excluding hydrogens is 417 g/mol. The molecule has 156 valence electrons. The van der Waals surface area contributed by atoms with E-state index in [1.165, 1.54) is 24.4 Å². The van der Waals surface area contributed by atoms with Crippen molar-refractivity contribution in [3.05, 3.63) is 76.5 Å². The monoisotopic (exact) mass is 434 g/mol. The minimum Gasteiger partial charge on any atom is -0.441 e. The summed E-state index contributed by atoms with van der Waals surface area (Å²) in [7, 11) is 0. The minimum absolute atomic E-state index is 0.0368. The van der Waals surface area contributed by atoms with Crippen LogP contribution in [0.2, 0.25) is 5.02 Å². The van der Waals surface area contributed by atoms with Gasteiger partial charge in [0.25, 0.3) is 0 Å². The normalized spacial score (nSPS) is 13.5. The Hall–Kier alpha value is -2.80. The van der Waals surface area contributed by atoms with Gasteiger partial charge in [0.2, 0.25) is 5.91 Å². The SMILES string of the molecule is O=C(CCc1ncc(-c2c(F)cccc2F)o1)N(Cc1c(F)cccc1Cl)C1CC1. The van der Waals surface area contributed by atoms with E-state index >= 15 is 0 Å². The lowest BCUT2D eigenvalue weighted by atomic mass is 10.1. The predicted molar refractivity (Wildman–Crippen MR) is 105 cm³/mol. The van der Waals surface area contributed by atoms with Gasteiger partial charge in [-0.15, -0.1) is 0 Å². The van der Waals surface area contributed by atoms with Gasteiger partial charge >= 0.3 is 0 Å². The van der Waals surface area contributed by atoms with Gasteiger partial charge in [0.15, 0.2) is 11.7 Å². The first-order valence-electron chi connectivity index (χ1n) is 9.55. The topological polar surface area (TPSA) is 46.3 Å². The summed E-state index contributed by atoms with van der Waals surface area (Å²) in [6, 6.07) is 8.00. The molecule has 1 aliphatic rings. The molecule has 2 aromatic carbocycles. The van der Waals surface area contributed by atoms with E-state index in [2.05, 4.69) is 4.98 Å². The molecular formula is C22H18ClF3N2O2. The highest BCUT2D eigenvalue weighted by Gasteiger charge is 2.33. The molecule has 1 aliphatic carbocycles. The number of hydrogen-bond donors (Lipinski definition) is 0. The van der Waals surface area contributed by atoms with Gasteiger partial charge in [0, 0.05) is 29.5 Å². The van der Waals surface area contributed by atoms with Crippen LogP contribution in [-0.4, -0.2) is 21.8 Å². The number of aryl methyl sites for hydroxylation is 1. The largest absolute Gasteiger partial charge is 0.441 e. The van der Waals surface area contributed by atoms with Gasteiger partial charge in [-0.25, -0.2) is 18.2 Å². The van der Waals surface area contributed by atoms with Gasteiger partial charge in [-0.1, -0.05) is 23.7 Å². The highest BCUT2D eigenvalue weighted by molar-refractivity contribution is 6.31. The second-order valence-corrected chi connectivity index (χ2v) is 7.58. The Morgan fingerprint density at radius 2 is 1.77 bits per heavy atom. The molecule has 1 heterocycles. The summed E-state index contributed by atoms with van der Waals surface area (Å²) in [5, 5.41) is 0.276. The lowest BCUT2D eigenvalue weighted by Gasteiger charge is -2.23. The molecule has 0 unspecified atom stereocenters. The summed E-state index contributed by atoms with van der Waals surface area (Å²) >= 11 is 6.10. The number of halogens is 4. The van der Waals surface area contributed by atoms with Crippen LogP contribution in [0.15, 0.2) is 47.0 Å². The zero-order valence-electron chi connectivity index (χ0n) is 15.9. The number of oxazole rings is 1. The quantitative estimate of drug-likeness (QED) is 0.490. The number of carbonyl (C=O) groups excluding carboxylic acids is 1. The Morgan fingerprint density at radius 1 is 1.10 bits per heavy atom. The third kappa shape index (κ3) is 4.36. The van der Waals surface area contributed by atoms with E-state index in [4.69, 9.17) is 16.0 Å². The van der Waals surface area contributed by atoms with Gasteiger partial charge < -0.3 is 9.32 Å². The highest BCUT2D eigenvalue weighted by atomic mass is 35.5. The molecule has 1 aromatic heterocycles. The van der Waals surface area contributed by atoms with E-state index in [0.29, 0.717) is 0 Å². The fourth-order valence-electron chi connectivity index (χ4n) is 3.29. The van der Waals surface area contributed by atoms with Gasteiger partial charge in [0.1, 0.15) is 17.5 Å². The molecule has 0 radical (unpaired) electrons. The van der Waals surface area contributed by atoms with Crippen LogP contribution >= 0.6 is 11.6 Å². The van der Waals surface area contributed by atoms with Crippen molar-refractivity contribution in [3.63, 3.8) is 0 Å². The first kappa shape index (κ1) is 20.5. The minimum atomic E-state index is -0.754. The van der Waals surface area contributed by atoms with Crippen LogP contribution in [0.5, 0.6) is 0 Å². The lowest BCUT2D eigenvalue weighted by Crippen LogP contribution is -2.33. The number of hydrogen-bond acceptors (Lipinski definition) is 3. The first-order chi connectivity index (χ1) is 14.4. The fourth-order valence-corrected chi connectivity index (χ4v) is 3.52. The Morgan fingerprint density at radius 3 is 2.43 bits per heavy atom. The van der Waals surface area contributed by atoms with E-state index in [-0.39, 0.29) is 59.1 Å². The van der Waals surface area contributed by atoms with Crippen molar-refractivity contribution in [3.8, 4) is 11.3 Å². The number of aromatic nitrogens is 1. The van der Waals surface area contributed by atoms with E-state index in [1.807, 2.05) is 0 Å². The molecule has 30 heavy (non-hydrogen) atoms. The molecule has 0 atom stereocenters. The van der Waals surface area contributed by atoms with Crippen LogP contribution in [0.25, 0.3) is 11.3 Å². The molecule has 1 saturated carbocycles. The molecule has 1 amide bonds. The van der Waals surface area contributed by atoms with E-state index < -0.39 is 17.5 Å². The molecule has 0 aliphatic heterocycles. The number of carbonyl (C=O) groups is 1. The van der Waals surface area contributed by atoms with Crippen molar-refractivity contribution in [1.82, 2.24) is 9.88 Å². The Bertz CT molecular complexity index is 1040. The summed E-state index contributed by atoms with van der Waals surface area (Å²) in [6.07, 6.45) is 3.17. The van der Waals surface area contributed by atoms with Gasteiger partial charge in [-0.3, -0.25) is 4.79 Å². The van der Waals surface area contributed by atoms with Crippen molar-refractivity contribution in [2.75, 3.05) is 0 Å². The fraction of sp³-hybridized carbons (Fsp3) is 0.273. The standard InChI is InChI=1S/C22H18ClF3N2O2/c23-15-3-1-4-16(24)14(15)12-28(13-7-8-13)21(29)10-9-20-27-11-19(30-20)22-17(25)5-2-6-18(22)26/h1-6,11,13H,7-10,12H2. The van der Waals surface area contributed by atoms with Crippen molar-refractivity contribution >= 4 is 17.5 Å². The average molecular weight is 435 g/mol. The van der Waals surface area contributed by atoms with E-state index in [1.54, 1.807) is 11.0 Å². The number of nitrogens with zero attached hydrogens (tertiary/aromatic N) is 2. The highest BCUT2D eigenvalue weighted by Crippen LogP contribution is 2.32. The van der Waals surface area contributed by atoms with Crippen LogP contribution in [0.3, 0.4) is 0 Å². The zero-order chi connectivity index (χ0) is 21.3. The van der Waals surface area contributed by atoms with Crippen LogP contribution in [0.1, 0.15) is 30.7 Å². The summed E-state index contributed by atoms with van der Waals surface area (Å²) in [5.41, 5.74) is -0.00997. The molecule has 3 aromatic rings. The molecule has 0 N–H and O–H groups in total. The van der Waals surface area contributed by atoms with Crippen molar-refractivity contribution in [1.29, 1.82) is 0 Å². The van der Waals surface area contributed by atoms with E-state index in [0.717, 1.165) is 25.0 Å². The summed E-state index contributed by atoms with van der Waals surface area (Å²) < 4.78 is 47.4. The van der Waals surface area contributed by atoms with Crippen molar-refractivity contribution in [2.24, 2.45) is 0 Å². The number of benzene rings is 2. The summed E-state index contributed by atoms with van der Waals surface area (Å²) in [6.45, 7) is 0.0896. The molecule has 0 saturated heterocycles. The molecule has 0 spiro atoms. The Labute approximate surface area is 176 Å². The van der Waals surface area contributed by atoms with Crippen molar-refractivity contribution < 1.29 is 22.4 Å². The smallest absolute Gasteiger partial charge is 0.223 e. The second kappa shape index (κ2) is 8.52. The molecule has 1 fully saturated rings. The zero-order valence-corrected chi connectivity index (χ0v) is 16.6. The second-order valence-electron chi connectivity index (χ2n) is 7.17. The van der Waals surface area contributed by atoms with Crippen LogP contribution < -0.4 is 0 Å². The molecule has 8 heteroatoms. The first-order valence-corrected chi connectivity index (χ1v) is 9.93. The third-order valence-corrected chi connectivity index (χ3v) is 5.37. The Kier molecular flexibility index (Phi) is 5.81. The summed E-state index contributed by atoms with van der Waals surface area (Å²) in [5.74, 6) is -1.99. The van der Waals surface area contributed by atoms with Crippen LogP contribution in [0, 0.1) is 17.5 Å². The maximum Gasteiger partial charge on any atom is 0.223 e. The maximum absolute atomic E-state index is 14.1. The van der Waals surface area contributed by atoms with E-state index in [9.17, 15) is 18.0 Å². The maximum atomic E-state index is 14.1.